The number of nitrogens with zero attached hydrogens (tertiary/aromatic N) is 1. The summed E-state index contributed by atoms with van der Waals surface area (Å²) in [6.45, 7) is 0. The fourth-order valence-electron chi connectivity index (χ4n) is 1.60. The number of aromatic amines is 1. The van der Waals surface area contributed by atoms with Gasteiger partial charge >= 0.3 is 5.97 Å². The van der Waals surface area contributed by atoms with E-state index in [0.717, 1.165) is 24.1 Å². The highest BCUT2D eigenvalue weighted by molar-refractivity contribution is 5.67. The van der Waals surface area contributed by atoms with Gasteiger partial charge in [0.25, 0.3) is 0 Å². The summed E-state index contributed by atoms with van der Waals surface area (Å²) in [5.74, 6) is 0.184. The van der Waals surface area contributed by atoms with Crippen LogP contribution in [0.1, 0.15) is 36.4 Å². The molecule has 0 bridgehead atoms. The van der Waals surface area contributed by atoms with Gasteiger partial charge in [-0.1, -0.05) is 0 Å². The number of aliphatic carboxylic acids is 1. The minimum atomic E-state index is -0.799. The maximum atomic E-state index is 10.4. The van der Waals surface area contributed by atoms with E-state index in [1.54, 1.807) is 0 Å². The van der Waals surface area contributed by atoms with Crippen LogP contribution in [0.15, 0.2) is 0 Å². The van der Waals surface area contributed by atoms with Crippen LogP contribution in [-0.2, 0) is 11.2 Å². The molecule has 76 valence electrons. The van der Waals surface area contributed by atoms with Gasteiger partial charge in [-0.3, -0.25) is 9.89 Å². The van der Waals surface area contributed by atoms with Gasteiger partial charge in [-0.25, -0.2) is 0 Å². The van der Waals surface area contributed by atoms with Crippen molar-refractivity contribution >= 4 is 11.8 Å². The van der Waals surface area contributed by atoms with E-state index in [2.05, 4.69) is 10.2 Å². The molecule has 0 amide bonds. The van der Waals surface area contributed by atoms with Crippen LogP contribution in [0.4, 0.5) is 5.82 Å². The first-order chi connectivity index (χ1) is 6.68. The highest BCUT2D eigenvalue weighted by Crippen LogP contribution is 2.41. The van der Waals surface area contributed by atoms with Crippen LogP contribution in [0.3, 0.4) is 0 Å². The molecule has 1 fully saturated rings. The van der Waals surface area contributed by atoms with E-state index >= 15 is 0 Å². The molecule has 1 aliphatic rings. The second kappa shape index (κ2) is 3.32. The Morgan fingerprint density at radius 2 is 2.36 bits per heavy atom. The van der Waals surface area contributed by atoms with Crippen molar-refractivity contribution in [2.45, 2.75) is 31.6 Å². The van der Waals surface area contributed by atoms with Crippen molar-refractivity contribution in [3.8, 4) is 0 Å². The molecule has 0 unspecified atom stereocenters. The summed E-state index contributed by atoms with van der Waals surface area (Å²) in [7, 11) is 0. The Hall–Kier alpha value is -1.52. The van der Waals surface area contributed by atoms with Gasteiger partial charge in [0.2, 0.25) is 0 Å². The molecule has 0 saturated heterocycles. The van der Waals surface area contributed by atoms with Crippen molar-refractivity contribution in [1.29, 1.82) is 0 Å². The fraction of sp³-hybridized carbons (Fsp3) is 0.556. The van der Waals surface area contributed by atoms with Crippen LogP contribution >= 0.6 is 0 Å². The number of carboxylic acids is 1. The smallest absolute Gasteiger partial charge is 0.303 e. The molecule has 0 aromatic carbocycles. The molecule has 0 spiro atoms. The van der Waals surface area contributed by atoms with Crippen molar-refractivity contribution in [3.05, 3.63) is 11.3 Å². The monoisotopic (exact) mass is 195 g/mol. The van der Waals surface area contributed by atoms with Crippen molar-refractivity contribution in [2.75, 3.05) is 5.73 Å². The van der Waals surface area contributed by atoms with Crippen LogP contribution in [0.5, 0.6) is 0 Å². The first-order valence-corrected chi connectivity index (χ1v) is 4.73. The zero-order valence-electron chi connectivity index (χ0n) is 7.79. The molecular formula is C9H13N3O2. The average Bonchev–Trinajstić information content (AvgIpc) is 2.88. The van der Waals surface area contributed by atoms with E-state index in [0.29, 0.717) is 18.2 Å². The first kappa shape index (κ1) is 9.05. The molecule has 4 N–H and O–H groups in total. The van der Waals surface area contributed by atoms with E-state index in [-0.39, 0.29) is 6.42 Å². The molecule has 1 saturated carbocycles. The molecule has 1 aliphatic carbocycles. The predicted molar refractivity (Wildman–Crippen MR) is 50.9 cm³/mol. The third-order valence-corrected chi connectivity index (χ3v) is 2.51. The lowest BCUT2D eigenvalue weighted by Gasteiger charge is -1.99. The summed E-state index contributed by atoms with van der Waals surface area (Å²) in [5, 5.41) is 15.4. The number of nitrogen functional groups attached to an aromatic ring is 1. The SMILES string of the molecule is Nc1n[nH]c(C2CC2)c1CCC(=O)O. The third kappa shape index (κ3) is 1.71. The minimum Gasteiger partial charge on any atom is -0.481 e. The van der Waals surface area contributed by atoms with E-state index < -0.39 is 5.97 Å². The molecule has 0 radical (unpaired) electrons. The number of rotatable bonds is 4. The van der Waals surface area contributed by atoms with Gasteiger partial charge in [0.05, 0.1) is 0 Å². The van der Waals surface area contributed by atoms with E-state index in [1.165, 1.54) is 0 Å². The summed E-state index contributed by atoms with van der Waals surface area (Å²) in [4.78, 5) is 10.4. The summed E-state index contributed by atoms with van der Waals surface area (Å²) in [5.41, 5.74) is 7.60. The molecule has 5 nitrogen and oxygen atoms in total. The Kier molecular flexibility index (Phi) is 2.15. The molecule has 2 rings (SSSR count). The zero-order valence-corrected chi connectivity index (χ0v) is 7.79. The second-order valence-corrected chi connectivity index (χ2v) is 3.67. The van der Waals surface area contributed by atoms with Crippen LogP contribution in [-0.4, -0.2) is 21.3 Å². The molecule has 14 heavy (non-hydrogen) atoms. The summed E-state index contributed by atoms with van der Waals surface area (Å²) in [6.07, 6.45) is 2.90. The average molecular weight is 195 g/mol. The second-order valence-electron chi connectivity index (χ2n) is 3.67. The number of hydrogen-bond donors (Lipinski definition) is 3. The molecule has 1 aromatic rings. The summed E-state index contributed by atoms with van der Waals surface area (Å²) >= 11 is 0. The Balaban J connectivity index is 2.13. The first-order valence-electron chi connectivity index (χ1n) is 4.73. The van der Waals surface area contributed by atoms with Gasteiger partial charge in [-0.05, 0) is 19.3 Å². The van der Waals surface area contributed by atoms with Crippen LogP contribution in [0, 0.1) is 0 Å². The number of aromatic nitrogens is 2. The highest BCUT2D eigenvalue weighted by atomic mass is 16.4. The van der Waals surface area contributed by atoms with Gasteiger partial charge in [0.1, 0.15) is 5.82 Å². The largest absolute Gasteiger partial charge is 0.481 e. The maximum Gasteiger partial charge on any atom is 0.303 e. The lowest BCUT2D eigenvalue weighted by atomic mass is 10.1. The van der Waals surface area contributed by atoms with Crippen molar-refractivity contribution in [3.63, 3.8) is 0 Å². The Morgan fingerprint density at radius 3 is 2.93 bits per heavy atom. The Labute approximate surface area is 81.3 Å². The minimum absolute atomic E-state index is 0.115. The fourth-order valence-corrected chi connectivity index (χ4v) is 1.60. The zero-order chi connectivity index (χ0) is 10.1. The highest BCUT2D eigenvalue weighted by Gasteiger charge is 2.29. The maximum absolute atomic E-state index is 10.4. The van der Waals surface area contributed by atoms with E-state index in [4.69, 9.17) is 10.8 Å². The predicted octanol–water partition coefficient (Wildman–Crippen LogP) is 0.886. The molecule has 1 aromatic heterocycles. The van der Waals surface area contributed by atoms with Gasteiger partial charge in [0.15, 0.2) is 0 Å². The lowest BCUT2D eigenvalue weighted by molar-refractivity contribution is -0.136. The quantitative estimate of drug-likeness (QED) is 0.665. The number of nitrogens with one attached hydrogen (secondary N) is 1. The standard InChI is InChI=1S/C9H13N3O2/c10-9-6(3-4-7(13)14)8(11-12-9)5-1-2-5/h5H,1-4H2,(H,13,14)(H3,10,11,12). The van der Waals surface area contributed by atoms with Crippen molar-refractivity contribution < 1.29 is 9.90 Å². The van der Waals surface area contributed by atoms with Gasteiger partial charge in [-0.2, -0.15) is 5.10 Å². The van der Waals surface area contributed by atoms with Crippen LogP contribution in [0.25, 0.3) is 0 Å². The number of carboxylic acid groups (broad SMARTS) is 1. The molecule has 0 aliphatic heterocycles. The summed E-state index contributed by atoms with van der Waals surface area (Å²) < 4.78 is 0. The van der Waals surface area contributed by atoms with Gasteiger partial charge in [0, 0.05) is 23.6 Å². The summed E-state index contributed by atoms with van der Waals surface area (Å²) in [6, 6.07) is 0. The van der Waals surface area contributed by atoms with Crippen molar-refractivity contribution in [2.24, 2.45) is 0 Å². The van der Waals surface area contributed by atoms with Gasteiger partial charge in [-0.15, -0.1) is 0 Å². The molecular weight excluding hydrogens is 182 g/mol. The normalized spacial score (nSPS) is 15.7. The van der Waals surface area contributed by atoms with Crippen LogP contribution in [0.2, 0.25) is 0 Å². The number of anilines is 1. The Bertz CT molecular complexity index is 355. The third-order valence-electron chi connectivity index (χ3n) is 2.51. The van der Waals surface area contributed by atoms with Crippen molar-refractivity contribution in [1.82, 2.24) is 10.2 Å². The molecule has 5 heteroatoms. The number of hydrogen-bond acceptors (Lipinski definition) is 3. The number of carbonyl (C=O) groups is 1. The van der Waals surface area contributed by atoms with Gasteiger partial charge < -0.3 is 10.8 Å². The lowest BCUT2D eigenvalue weighted by Crippen LogP contribution is -2.01. The molecule has 0 atom stereocenters. The number of H-pyrrole nitrogens is 1. The van der Waals surface area contributed by atoms with Crippen LogP contribution < -0.4 is 5.73 Å². The van der Waals surface area contributed by atoms with E-state index in [9.17, 15) is 4.79 Å². The number of nitrogens with two attached hydrogens (primary N) is 1. The van der Waals surface area contributed by atoms with E-state index in [1.807, 2.05) is 0 Å². The molecule has 1 heterocycles. The Morgan fingerprint density at radius 1 is 1.64 bits per heavy atom. The topological polar surface area (TPSA) is 92.0 Å².